The van der Waals surface area contributed by atoms with Gasteiger partial charge in [-0.15, -0.1) is 0 Å². The van der Waals surface area contributed by atoms with Crippen molar-refractivity contribution in [1.29, 1.82) is 0 Å². The van der Waals surface area contributed by atoms with E-state index in [0.29, 0.717) is 12.6 Å². The molecule has 4 aromatic rings. The van der Waals surface area contributed by atoms with Crippen LogP contribution < -0.4 is 5.32 Å². The van der Waals surface area contributed by atoms with Crippen LogP contribution in [0.5, 0.6) is 0 Å². The number of hydrogen-bond acceptors (Lipinski definition) is 5. The van der Waals surface area contributed by atoms with E-state index in [1.807, 2.05) is 52.1 Å². The number of carbonyl (C=O) groups excluding carboxylic acids is 1. The fourth-order valence-corrected chi connectivity index (χ4v) is 5.76. The van der Waals surface area contributed by atoms with Crippen LogP contribution in [0.25, 0.3) is 27.6 Å². The van der Waals surface area contributed by atoms with Gasteiger partial charge in [0.05, 0.1) is 23.0 Å². The lowest BCUT2D eigenvalue weighted by Crippen LogP contribution is -2.55. The van der Waals surface area contributed by atoms with Crippen molar-refractivity contribution in [3.63, 3.8) is 0 Å². The molecule has 1 atom stereocenters. The van der Waals surface area contributed by atoms with Gasteiger partial charge in [-0.3, -0.25) is 0 Å². The van der Waals surface area contributed by atoms with Gasteiger partial charge in [0.2, 0.25) is 0 Å². The lowest BCUT2D eigenvalue weighted by atomic mass is 10.0. The molecule has 2 amide bonds. The molecule has 3 aliphatic rings. The van der Waals surface area contributed by atoms with E-state index < -0.39 is 0 Å². The van der Waals surface area contributed by atoms with Crippen LogP contribution in [0.4, 0.5) is 16.2 Å². The summed E-state index contributed by atoms with van der Waals surface area (Å²) in [6.45, 7) is 3.90. The monoisotopic (exact) mass is 494 g/mol. The molecule has 1 fully saturated rings. The second-order valence-corrected chi connectivity index (χ2v) is 10.2. The number of pyridine rings is 1. The van der Waals surface area contributed by atoms with Gasteiger partial charge in [0, 0.05) is 68.8 Å². The number of aromatic amines is 1. The van der Waals surface area contributed by atoms with Gasteiger partial charge in [0.15, 0.2) is 0 Å². The van der Waals surface area contributed by atoms with E-state index >= 15 is 0 Å². The molecule has 2 N–H and O–H groups in total. The Morgan fingerprint density at radius 3 is 2.95 bits per heavy atom. The molecule has 3 aliphatic heterocycles. The summed E-state index contributed by atoms with van der Waals surface area (Å²) in [5.41, 5.74) is 7.22. The largest absolute Gasteiger partial charge is 0.371 e. The smallest absolute Gasteiger partial charge is 0.320 e. The molecular formula is C28H30N8O. The summed E-state index contributed by atoms with van der Waals surface area (Å²) in [6.07, 6.45) is 12.1. The zero-order valence-electron chi connectivity index (χ0n) is 20.9. The minimum Gasteiger partial charge on any atom is -0.371 e. The maximum atomic E-state index is 13.2. The molecule has 3 aromatic heterocycles. The first-order chi connectivity index (χ1) is 18.1. The first-order valence-electron chi connectivity index (χ1n) is 12.9. The van der Waals surface area contributed by atoms with E-state index in [1.54, 1.807) is 0 Å². The van der Waals surface area contributed by atoms with Crippen LogP contribution in [0.2, 0.25) is 0 Å². The number of imidazole rings is 1. The fraction of sp³-hybridized carbons (Fsp3) is 0.321. The Hall–Kier alpha value is -4.27. The average Bonchev–Trinajstić information content (AvgIpc) is 3.67. The van der Waals surface area contributed by atoms with Crippen LogP contribution in [-0.2, 0) is 7.05 Å². The zero-order chi connectivity index (χ0) is 24.9. The fourth-order valence-electron chi connectivity index (χ4n) is 5.76. The van der Waals surface area contributed by atoms with Gasteiger partial charge < -0.3 is 29.6 Å². The molecule has 0 saturated carbocycles. The van der Waals surface area contributed by atoms with Crippen molar-refractivity contribution in [2.75, 3.05) is 38.0 Å². The third-order valence-corrected chi connectivity index (χ3v) is 7.87. The summed E-state index contributed by atoms with van der Waals surface area (Å²) >= 11 is 0. The molecule has 0 radical (unpaired) electrons. The van der Waals surface area contributed by atoms with Crippen molar-refractivity contribution in [3.8, 4) is 0 Å². The van der Waals surface area contributed by atoms with Crippen LogP contribution in [0.3, 0.4) is 0 Å². The van der Waals surface area contributed by atoms with E-state index in [4.69, 9.17) is 0 Å². The Bertz CT molecular complexity index is 1560. The van der Waals surface area contributed by atoms with Gasteiger partial charge in [-0.25, -0.2) is 14.8 Å². The SMILES string of the molecule is Cn1cnc2ccc(Nc3ccnc4[nH]c(C5=CCN(C(=O)N6CCN7C=CCC7C6)CC5)cc34)cc21. The van der Waals surface area contributed by atoms with Crippen LogP contribution in [0.15, 0.2) is 61.2 Å². The molecule has 37 heavy (non-hydrogen) atoms. The molecule has 9 nitrogen and oxygen atoms in total. The number of benzene rings is 1. The molecule has 0 aliphatic carbocycles. The molecule has 6 heterocycles. The maximum absolute atomic E-state index is 13.2. The summed E-state index contributed by atoms with van der Waals surface area (Å²) in [6, 6.07) is 11.0. The number of hydrogen-bond donors (Lipinski definition) is 2. The molecule has 188 valence electrons. The normalized spacial score (nSPS) is 19.5. The number of aryl methyl sites for hydroxylation is 1. The Morgan fingerprint density at radius 2 is 2.05 bits per heavy atom. The van der Waals surface area contributed by atoms with Crippen molar-refractivity contribution in [2.24, 2.45) is 7.05 Å². The minimum atomic E-state index is 0.164. The number of aromatic nitrogens is 4. The molecular weight excluding hydrogens is 464 g/mol. The second kappa shape index (κ2) is 8.69. The number of amides is 2. The van der Waals surface area contributed by atoms with Crippen LogP contribution in [0, 0.1) is 0 Å². The number of carbonyl (C=O) groups is 1. The Labute approximate surface area is 215 Å². The third kappa shape index (κ3) is 3.91. The summed E-state index contributed by atoms with van der Waals surface area (Å²) < 4.78 is 2.02. The van der Waals surface area contributed by atoms with Gasteiger partial charge in [-0.1, -0.05) is 12.2 Å². The van der Waals surface area contributed by atoms with Crippen molar-refractivity contribution >= 4 is 45.0 Å². The van der Waals surface area contributed by atoms with E-state index in [-0.39, 0.29) is 6.03 Å². The summed E-state index contributed by atoms with van der Waals surface area (Å²) in [4.78, 5) is 32.0. The first-order valence-corrected chi connectivity index (χ1v) is 12.9. The summed E-state index contributed by atoms with van der Waals surface area (Å²) in [5, 5.41) is 4.61. The summed E-state index contributed by atoms with van der Waals surface area (Å²) in [7, 11) is 2.00. The number of anilines is 2. The standard InChI is InChI=1S/C28H30N8O/c1-33-18-30-24-5-4-20(15-26(24)33)31-23-6-9-29-27-22(23)16-25(32-27)19-7-11-35(12-8-19)28(37)36-14-13-34-10-2-3-21(34)17-36/h2,4-7,9-10,15-16,18,21H,3,8,11-14,17H2,1H3,(H2,29,31,32). The minimum absolute atomic E-state index is 0.164. The molecule has 1 unspecified atom stereocenters. The van der Waals surface area contributed by atoms with Gasteiger partial charge in [-0.2, -0.15) is 0 Å². The topological polar surface area (TPSA) is 85.3 Å². The number of urea groups is 1. The number of rotatable bonds is 3. The highest BCUT2D eigenvalue weighted by molar-refractivity contribution is 5.95. The lowest BCUT2D eigenvalue weighted by molar-refractivity contribution is 0.109. The second-order valence-electron chi connectivity index (χ2n) is 10.2. The highest BCUT2D eigenvalue weighted by Crippen LogP contribution is 2.31. The number of piperazine rings is 1. The van der Waals surface area contributed by atoms with Crippen molar-refractivity contribution < 1.29 is 4.79 Å². The highest BCUT2D eigenvalue weighted by Gasteiger charge is 2.32. The number of H-pyrrole nitrogens is 1. The Morgan fingerprint density at radius 1 is 1.11 bits per heavy atom. The Balaban J connectivity index is 1.08. The highest BCUT2D eigenvalue weighted by atomic mass is 16.2. The molecule has 0 spiro atoms. The van der Waals surface area contributed by atoms with Crippen molar-refractivity contribution in [1.82, 2.24) is 34.2 Å². The molecule has 1 aromatic carbocycles. The molecule has 1 saturated heterocycles. The molecule has 7 rings (SSSR count). The molecule has 9 heteroatoms. The van der Waals surface area contributed by atoms with Gasteiger partial charge in [0.25, 0.3) is 0 Å². The van der Waals surface area contributed by atoms with Crippen LogP contribution >= 0.6 is 0 Å². The zero-order valence-corrected chi connectivity index (χ0v) is 20.9. The average molecular weight is 495 g/mol. The quantitative estimate of drug-likeness (QED) is 0.444. The number of nitrogens with one attached hydrogen (secondary N) is 2. The van der Waals surface area contributed by atoms with Crippen molar-refractivity contribution in [3.05, 3.63) is 66.9 Å². The van der Waals surface area contributed by atoms with Gasteiger partial charge in [0.1, 0.15) is 5.65 Å². The van der Waals surface area contributed by atoms with E-state index in [1.165, 1.54) is 5.57 Å². The lowest BCUT2D eigenvalue weighted by Gasteiger charge is -2.40. The third-order valence-electron chi connectivity index (χ3n) is 7.87. The predicted octanol–water partition coefficient (Wildman–Crippen LogP) is 4.31. The van der Waals surface area contributed by atoms with Gasteiger partial charge in [-0.05, 0) is 54.9 Å². The maximum Gasteiger partial charge on any atom is 0.320 e. The van der Waals surface area contributed by atoms with Crippen LogP contribution in [-0.4, -0.2) is 79.0 Å². The predicted molar refractivity (Wildman–Crippen MR) is 145 cm³/mol. The molecule has 0 bridgehead atoms. The summed E-state index contributed by atoms with van der Waals surface area (Å²) in [5.74, 6) is 0. The Kier molecular flexibility index (Phi) is 5.16. The number of fused-ring (bicyclic) bond motifs is 3. The van der Waals surface area contributed by atoms with Crippen LogP contribution in [0.1, 0.15) is 18.5 Å². The van der Waals surface area contributed by atoms with Gasteiger partial charge >= 0.3 is 6.03 Å². The van der Waals surface area contributed by atoms with E-state index in [9.17, 15) is 4.79 Å². The first kappa shape index (κ1) is 22.0. The van der Waals surface area contributed by atoms with E-state index in [2.05, 4.69) is 55.7 Å². The van der Waals surface area contributed by atoms with E-state index in [0.717, 1.165) is 78.2 Å². The van der Waals surface area contributed by atoms with Crippen molar-refractivity contribution in [2.45, 2.75) is 18.9 Å². The number of nitrogens with zero attached hydrogens (tertiary/aromatic N) is 6.